The Kier molecular flexibility index (Phi) is 15.3. The maximum atomic E-state index is 12.6. The van der Waals surface area contributed by atoms with Gasteiger partial charge < -0.3 is 49.1 Å². The fourth-order valence-corrected chi connectivity index (χ4v) is 2.75. The molecule has 0 rings (SSSR count). The summed E-state index contributed by atoms with van der Waals surface area (Å²) < 4.78 is 0. The fraction of sp³-hybridized carbons (Fsp3) is 0.684. The van der Waals surface area contributed by atoms with E-state index in [1.807, 2.05) is 0 Å². The summed E-state index contributed by atoms with van der Waals surface area (Å²) in [4.78, 5) is 62.7. The van der Waals surface area contributed by atoms with E-state index >= 15 is 0 Å². The van der Waals surface area contributed by atoms with Crippen LogP contribution in [0.15, 0.2) is 4.99 Å². The Balaban J connectivity index is 4.84. The number of hydrogen-bond donors (Lipinski definition) is 9. The van der Waals surface area contributed by atoms with Crippen molar-refractivity contribution >= 4 is 35.6 Å². The number of amides is 3. The number of nitrogens with one attached hydrogen (secondary N) is 3. The van der Waals surface area contributed by atoms with Crippen molar-refractivity contribution in [1.82, 2.24) is 16.0 Å². The van der Waals surface area contributed by atoms with Crippen LogP contribution in [0.2, 0.25) is 0 Å². The van der Waals surface area contributed by atoms with E-state index in [0.29, 0.717) is 32.4 Å². The van der Waals surface area contributed by atoms with Gasteiger partial charge in [0, 0.05) is 13.0 Å². The van der Waals surface area contributed by atoms with Crippen molar-refractivity contribution in [2.24, 2.45) is 27.9 Å². The first-order valence-corrected chi connectivity index (χ1v) is 10.8. The van der Waals surface area contributed by atoms with Crippen LogP contribution in [0.1, 0.15) is 44.9 Å². The lowest BCUT2D eigenvalue weighted by Gasteiger charge is -2.21. The normalized spacial score (nSPS) is 13.1. The van der Waals surface area contributed by atoms with Gasteiger partial charge in [-0.05, 0) is 45.1 Å². The van der Waals surface area contributed by atoms with Gasteiger partial charge >= 0.3 is 11.9 Å². The number of unbranched alkanes of at least 4 members (excludes halogenated alkanes) is 1. The Morgan fingerprint density at radius 2 is 1.53 bits per heavy atom. The number of guanidine groups is 1. The van der Waals surface area contributed by atoms with E-state index in [9.17, 15) is 29.1 Å². The van der Waals surface area contributed by atoms with Crippen molar-refractivity contribution < 1.29 is 34.2 Å². The van der Waals surface area contributed by atoms with Crippen molar-refractivity contribution in [2.45, 2.75) is 63.1 Å². The predicted octanol–water partition coefficient (Wildman–Crippen LogP) is -3.47. The summed E-state index contributed by atoms with van der Waals surface area (Å²) >= 11 is 0. The molecule has 0 saturated carbocycles. The van der Waals surface area contributed by atoms with E-state index in [1.54, 1.807) is 0 Å². The summed E-state index contributed by atoms with van der Waals surface area (Å²) in [6.07, 6.45) is 1.15. The van der Waals surface area contributed by atoms with Gasteiger partial charge in [-0.3, -0.25) is 24.2 Å². The molecule has 3 amide bonds. The van der Waals surface area contributed by atoms with E-state index < -0.39 is 60.8 Å². The minimum Gasteiger partial charge on any atom is -0.481 e. The van der Waals surface area contributed by atoms with Crippen molar-refractivity contribution in [3.63, 3.8) is 0 Å². The fourth-order valence-electron chi connectivity index (χ4n) is 2.75. The van der Waals surface area contributed by atoms with Gasteiger partial charge in [0.2, 0.25) is 17.7 Å². The van der Waals surface area contributed by atoms with Crippen LogP contribution in [0.3, 0.4) is 0 Å². The highest BCUT2D eigenvalue weighted by molar-refractivity contribution is 5.92. The third kappa shape index (κ3) is 14.6. The molecule has 0 spiro atoms. The van der Waals surface area contributed by atoms with Crippen LogP contribution in [0.25, 0.3) is 0 Å². The standard InChI is InChI=1S/C19H36N8O7/c20-8-2-1-5-12(17(32)27-13(18(33)34)6-7-15(29)30)26-14(28)10-25-16(31)11(21)4-3-9-24-19(22)23/h11-13H,1-10,20-21H2,(H,25,31)(H,26,28)(H,27,32)(H,29,30)(H,33,34)(H4,22,23,24). The predicted molar refractivity (Wildman–Crippen MR) is 122 cm³/mol. The molecule has 0 aliphatic heterocycles. The number of carbonyl (C=O) groups is 5. The molecule has 0 saturated heterocycles. The second-order valence-electron chi connectivity index (χ2n) is 7.51. The number of carboxylic acids is 2. The summed E-state index contributed by atoms with van der Waals surface area (Å²) in [6, 6.07) is -3.43. The molecule has 0 radical (unpaired) electrons. The Bertz CT molecular complexity index is 727. The molecule has 0 aromatic heterocycles. The highest BCUT2D eigenvalue weighted by Gasteiger charge is 2.27. The highest BCUT2D eigenvalue weighted by atomic mass is 16.4. The Hall–Kier alpha value is -3.46. The van der Waals surface area contributed by atoms with E-state index in [1.165, 1.54) is 0 Å². The molecule has 3 atom stereocenters. The lowest BCUT2D eigenvalue weighted by atomic mass is 10.1. The van der Waals surface area contributed by atoms with Gasteiger partial charge in [0.1, 0.15) is 12.1 Å². The second kappa shape index (κ2) is 17.1. The maximum absolute atomic E-state index is 12.6. The number of aliphatic imine (C=N–C) groups is 1. The molecule has 0 aliphatic carbocycles. The molecule has 0 aromatic rings. The van der Waals surface area contributed by atoms with Crippen LogP contribution in [-0.4, -0.2) is 83.6 Å². The van der Waals surface area contributed by atoms with Crippen LogP contribution in [-0.2, 0) is 24.0 Å². The van der Waals surface area contributed by atoms with E-state index in [-0.39, 0.29) is 25.2 Å². The van der Waals surface area contributed by atoms with Crippen LogP contribution in [0.4, 0.5) is 0 Å². The summed E-state index contributed by atoms with van der Waals surface area (Å²) in [5.74, 6) is -4.74. The Morgan fingerprint density at radius 1 is 0.853 bits per heavy atom. The molecule has 15 nitrogen and oxygen atoms in total. The lowest BCUT2D eigenvalue weighted by molar-refractivity contribution is -0.143. The number of carboxylic acid groups (broad SMARTS) is 2. The third-order valence-electron chi connectivity index (χ3n) is 4.59. The van der Waals surface area contributed by atoms with Crippen LogP contribution in [0.5, 0.6) is 0 Å². The number of nitrogens with zero attached hydrogens (tertiary/aromatic N) is 1. The molecule has 0 heterocycles. The second-order valence-corrected chi connectivity index (χ2v) is 7.51. The average Bonchev–Trinajstić information content (AvgIpc) is 2.76. The van der Waals surface area contributed by atoms with E-state index in [0.717, 1.165) is 0 Å². The minimum atomic E-state index is -1.44. The zero-order valence-corrected chi connectivity index (χ0v) is 19.0. The summed E-state index contributed by atoms with van der Waals surface area (Å²) in [6.45, 7) is 0.200. The van der Waals surface area contributed by atoms with Gasteiger partial charge in [0.25, 0.3) is 0 Å². The van der Waals surface area contributed by atoms with Crippen molar-refractivity contribution in [1.29, 1.82) is 0 Å². The van der Waals surface area contributed by atoms with Gasteiger partial charge in [0.15, 0.2) is 5.96 Å². The van der Waals surface area contributed by atoms with Gasteiger partial charge in [-0.25, -0.2) is 4.79 Å². The zero-order valence-electron chi connectivity index (χ0n) is 19.0. The summed E-state index contributed by atoms with van der Waals surface area (Å²) in [5, 5.41) is 25.0. The third-order valence-corrected chi connectivity index (χ3v) is 4.59. The molecular weight excluding hydrogens is 452 g/mol. The van der Waals surface area contributed by atoms with E-state index in [2.05, 4.69) is 20.9 Å². The van der Waals surface area contributed by atoms with Crippen LogP contribution in [0, 0.1) is 0 Å². The molecule has 0 fully saturated rings. The molecule has 15 heteroatoms. The summed E-state index contributed by atoms with van der Waals surface area (Å²) in [7, 11) is 0. The molecule has 0 aromatic carbocycles. The molecule has 34 heavy (non-hydrogen) atoms. The number of aliphatic carboxylic acids is 2. The number of rotatable bonds is 18. The molecule has 194 valence electrons. The SMILES string of the molecule is NCCCCC(NC(=O)CNC(=O)C(N)CCCN=C(N)N)C(=O)NC(CCC(=O)O)C(=O)O. The zero-order chi connectivity index (χ0) is 26.1. The van der Waals surface area contributed by atoms with Gasteiger partial charge in [-0.2, -0.15) is 0 Å². The van der Waals surface area contributed by atoms with Crippen molar-refractivity contribution in [3.8, 4) is 0 Å². The largest absolute Gasteiger partial charge is 0.481 e. The van der Waals surface area contributed by atoms with Crippen molar-refractivity contribution in [3.05, 3.63) is 0 Å². The quantitative estimate of drug-likeness (QED) is 0.0519. The number of nitrogens with two attached hydrogens (primary N) is 4. The molecule has 3 unspecified atom stereocenters. The Labute approximate surface area is 197 Å². The maximum Gasteiger partial charge on any atom is 0.326 e. The van der Waals surface area contributed by atoms with Gasteiger partial charge in [-0.15, -0.1) is 0 Å². The van der Waals surface area contributed by atoms with E-state index in [4.69, 9.17) is 28.0 Å². The molecule has 13 N–H and O–H groups in total. The lowest BCUT2D eigenvalue weighted by Crippen LogP contribution is -2.53. The van der Waals surface area contributed by atoms with Crippen LogP contribution >= 0.6 is 0 Å². The average molecular weight is 489 g/mol. The van der Waals surface area contributed by atoms with Crippen molar-refractivity contribution in [2.75, 3.05) is 19.6 Å². The highest BCUT2D eigenvalue weighted by Crippen LogP contribution is 2.04. The monoisotopic (exact) mass is 488 g/mol. The topological polar surface area (TPSA) is 278 Å². The smallest absolute Gasteiger partial charge is 0.326 e. The molecule has 0 aliphatic rings. The van der Waals surface area contributed by atoms with Crippen LogP contribution < -0.4 is 38.9 Å². The van der Waals surface area contributed by atoms with Gasteiger partial charge in [-0.1, -0.05) is 0 Å². The van der Waals surface area contributed by atoms with Gasteiger partial charge in [0.05, 0.1) is 12.6 Å². The first kappa shape index (κ1) is 30.5. The first-order valence-electron chi connectivity index (χ1n) is 10.8. The molecular formula is C19H36N8O7. The summed E-state index contributed by atoms with van der Waals surface area (Å²) in [5.41, 5.74) is 21.6. The first-order chi connectivity index (χ1) is 16.0. The number of hydrogen-bond acceptors (Lipinski definition) is 8. The minimum absolute atomic E-state index is 0.0729. The Morgan fingerprint density at radius 3 is 2.09 bits per heavy atom. The number of carbonyl (C=O) groups excluding carboxylic acids is 3. The molecule has 0 bridgehead atoms.